The van der Waals surface area contributed by atoms with Crippen LogP contribution < -0.4 is 4.90 Å². The predicted molar refractivity (Wildman–Crippen MR) is 103 cm³/mol. The van der Waals surface area contributed by atoms with Crippen molar-refractivity contribution >= 4 is 5.82 Å². The highest BCUT2D eigenvalue weighted by Crippen LogP contribution is 2.25. The Bertz CT molecular complexity index is 465. The third-order valence-corrected chi connectivity index (χ3v) is 4.48. The average molecular weight is 317 g/mol. The van der Waals surface area contributed by atoms with Crippen LogP contribution in [0.4, 0.5) is 5.82 Å². The van der Waals surface area contributed by atoms with Crippen molar-refractivity contribution in [3.63, 3.8) is 0 Å². The first-order chi connectivity index (χ1) is 11.1. The van der Waals surface area contributed by atoms with Crippen molar-refractivity contribution in [3.05, 3.63) is 35.5 Å². The minimum absolute atomic E-state index is 0.487. The molecule has 0 bridgehead atoms. The number of hydrogen-bond acceptors (Lipinski definition) is 2. The van der Waals surface area contributed by atoms with E-state index in [1.165, 1.54) is 36.9 Å². The van der Waals surface area contributed by atoms with Gasteiger partial charge in [0.25, 0.3) is 0 Å². The summed E-state index contributed by atoms with van der Waals surface area (Å²) in [5.74, 6) is 1.61. The summed E-state index contributed by atoms with van der Waals surface area (Å²) < 4.78 is 0. The molecule has 0 saturated carbocycles. The summed E-state index contributed by atoms with van der Waals surface area (Å²) in [6, 6.07) is 4.47. The summed E-state index contributed by atoms with van der Waals surface area (Å²) >= 11 is 0. The van der Waals surface area contributed by atoms with Crippen LogP contribution >= 0.6 is 0 Å². The van der Waals surface area contributed by atoms with Crippen LogP contribution in [0.5, 0.6) is 0 Å². The van der Waals surface area contributed by atoms with E-state index < -0.39 is 0 Å². The molecule has 0 spiro atoms. The van der Waals surface area contributed by atoms with Crippen molar-refractivity contribution in [1.82, 2.24) is 4.98 Å². The number of nitrogens with zero attached hydrogens (tertiary/aromatic N) is 2. The molecule has 2 heteroatoms. The third kappa shape index (κ3) is 6.76. The Morgan fingerprint density at radius 3 is 2.52 bits per heavy atom. The lowest BCUT2D eigenvalue weighted by molar-refractivity contribution is 0.656. The molecule has 0 amide bonds. The molecular formula is C21H36N2. The quantitative estimate of drug-likeness (QED) is 0.361. The summed E-state index contributed by atoms with van der Waals surface area (Å²) in [7, 11) is 2.17. The highest BCUT2D eigenvalue weighted by Gasteiger charge is 2.13. The summed E-state index contributed by atoms with van der Waals surface area (Å²) in [4.78, 5) is 7.33. The zero-order valence-corrected chi connectivity index (χ0v) is 15.9. The molecule has 0 aliphatic rings. The number of aromatic nitrogens is 1. The van der Waals surface area contributed by atoms with Crippen LogP contribution in [0.3, 0.4) is 0 Å². The summed E-state index contributed by atoms with van der Waals surface area (Å²) in [6.45, 7) is 10.1. The zero-order valence-electron chi connectivity index (χ0n) is 15.9. The second-order valence-corrected chi connectivity index (χ2v) is 6.57. The number of unbranched alkanes of at least 4 members (excludes halogenated alkanes) is 3. The van der Waals surface area contributed by atoms with Crippen molar-refractivity contribution in [1.29, 1.82) is 0 Å². The van der Waals surface area contributed by atoms with Crippen LogP contribution in [0, 0.1) is 0 Å². The van der Waals surface area contributed by atoms with Gasteiger partial charge in [0, 0.05) is 25.2 Å². The van der Waals surface area contributed by atoms with Gasteiger partial charge in [-0.3, -0.25) is 0 Å². The van der Waals surface area contributed by atoms with Crippen LogP contribution in [0.25, 0.3) is 0 Å². The molecule has 1 aromatic rings. The Balaban J connectivity index is 2.78. The molecule has 1 unspecified atom stereocenters. The first-order valence-electron chi connectivity index (χ1n) is 9.49. The fourth-order valence-electron chi connectivity index (χ4n) is 2.90. The molecule has 0 radical (unpaired) electrons. The number of rotatable bonds is 11. The Kier molecular flexibility index (Phi) is 9.66. The fourth-order valence-corrected chi connectivity index (χ4v) is 2.90. The van der Waals surface area contributed by atoms with Crippen LogP contribution in [0.2, 0.25) is 0 Å². The van der Waals surface area contributed by atoms with Gasteiger partial charge in [0.1, 0.15) is 5.82 Å². The van der Waals surface area contributed by atoms with Crippen molar-refractivity contribution in [2.45, 2.75) is 78.6 Å². The lowest BCUT2D eigenvalue weighted by atomic mass is 9.97. The standard InChI is InChI=1S/C21H36N2/c1-6-9-11-13-17-23(5)20-16-15-19(8-3)21(22-20)18(4)14-12-10-7-2/h10,12,15-16,18H,6-9,11,13-14,17H2,1-5H3/b12-10-. The monoisotopic (exact) mass is 316 g/mol. The van der Waals surface area contributed by atoms with Gasteiger partial charge in [-0.1, -0.05) is 65.2 Å². The van der Waals surface area contributed by atoms with E-state index in [-0.39, 0.29) is 0 Å². The van der Waals surface area contributed by atoms with Crippen molar-refractivity contribution in [3.8, 4) is 0 Å². The number of hydrogen-bond donors (Lipinski definition) is 0. The van der Waals surface area contributed by atoms with Crippen LogP contribution in [0.15, 0.2) is 24.3 Å². The second-order valence-electron chi connectivity index (χ2n) is 6.57. The van der Waals surface area contributed by atoms with Gasteiger partial charge in [-0.15, -0.1) is 0 Å². The average Bonchev–Trinajstić information content (AvgIpc) is 2.58. The van der Waals surface area contributed by atoms with Gasteiger partial charge in [0.2, 0.25) is 0 Å². The van der Waals surface area contributed by atoms with Crippen LogP contribution in [-0.4, -0.2) is 18.6 Å². The van der Waals surface area contributed by atoms with Gasteiger partial charge in [-0.2, -0.15) is 0 Å². The van der Waals surface area contributed by atoms with E-state index in [0.29, 0.717) is 5.92 Å². The Morgan fingerprint density at radius 1 is 1.09 bits per heavy atom. The maximum atomic E-state index is 5.01. The normalized spacial score (nSPS) is 12.7. The van der Waals surface area contributed by atoms with Crippen molar-refractivity contribution < 1.29 is 0 Å². The SMILES string of the molecule is CC/C=C\CC(C)c1nc(N(C)CCCCCC)ccc1CC. The van der Waals surface area contributed by atoms with E-state index in [9.17, 15) is 0 Å². The van der Waals surface area contributed by atoms with Gasteiger partial charge in [-0.25, -0.2) is 4.98 Å². The van der Waals surface area contributed by atoms with E-state index >= 15 is 0 Å². The van der Waals surface area contributed by atoms with E-state index in [1.807, 2.05) is 0 Å². The molecule has 0 N–H and O–H groups in total. The first kappa shape index (κ1) is 19.7. The van der Waals surface area contributed by atoms with E-state index in [1.54, 1.807) is 0 Å². The Labute approximate surface area is 144 Å². The molecule has 0 aliphatic carbocycles. The molecule has 0 fully saturated rings. The Morgan fingerprint density at radius 2 is 1.87 bits per heavy atom. The highest BCUT2D eigenvalue weighted by atomic mass is 15.2. The number of aryl methyl sites for hydroxylation is 1. The maximum absolute atomic E-state index is 5.01. The molecule has 1 rings (SSSR count). The van der Waals surface area contributed by atoms with Gasteiger partial charge in [0.05, 0.1) is 0 Å². The molecule has 2 nitrogen and oxygen atoms in total. The molecule has 23 heavy (non-hydrogen) atoms. The molecule has 0 aliphatic heterocycles. The second kappa shape index (κ2) is 11.3. The minimum atomic E-state index is 0.487. The van der Waals surface area contributed by atoms with Crippen molar-refractivity contribution in [2.75, 3.05) is 18.5 Å². The predicted octanol–water partition coefficient (Wildman–Crippen LogP) is 6.12. The minimum Gasteiger partial charge on any atom is -0.360 e. The zero-order chi connectivity index (χ0) is 17.1. The molecule has 0 saturated heterocycles. The summed E-state index contributed by atoms with van der Waals surface area (Å²) in [6.07, 6.45) is 13.0. The highest BCUT2D eigenvalue weighted by molar-refractivity contribution is 5.42. The lowest BCUT2D eigenvalue weighted by Gasteiger charge is -2.21. The van der Waals surface area contributed by atoms with Gasteiger partial charge in [-0.05, 0) is 37.3 Å². The topological polar surface area (TPSA) is 16.1 Å². The molecular weight excluding hydrogens is 280 g/mol. The first-order valence-corrected chi connectivity index (χ1v) is 9.49. The number of pyridine rings is 1. The number of anilines is 1. The molecule has 1 heterocycles. The van der Waals surface area contributed by atoms with E-state index in [4.69, 9.17) is 4.98 Å². The molecule has 1 atom stereocenters. The van der Waals surface area contributed by atoms with Crippen molar-refractivity contribution in [2.24, 2.45) is 0 Å². The summed E-state index contributed by atoms with van der Waals surface area (Å²) in [5.41, 5.74) is 2.68. The molecule has 1 aromatic heterocycles. The Hall–Kier alpha value is -1.31. The molecule has 130 valence electrons. The fraction of sp³-hybridized carbons (Fsp3) is 0.667. The van der Waals surface area contributed by atoms with Gasteiger partial charge < -0.3 is 4.90 Å². The van der Waals surface area contributed by atoms with E-state index in [0.717, 1.165) is 31.6 Å². The third-order valence-electron chi connectivity index (χ3n) is 4.48. The van der Waals surface area contributed by atoms with Crippen LogP contribution in [-0.2, 0) is 6.42 Å². The van der Waals surface area contributed by atoms with Gasteiger partial charge >= 0.3 is 0 Å². The number of allylic oxidation sites excluding steroid dienone is 2. The maximum Gasteiger partial charge on any atom is 0.128 e. The largest absolute Gasteiger partial charge is 0.360 e. The lowest BCUT2D eigenvalue weighted by Crippen LogP contribution is -2.20. The van der Waals surface area contributed by atoms with Crippen LogP contribution in [0.1, 0.15) is 83.4 Å². The van der Waals surface area contributed by atoms with E-state index in [2.05, 4.69) is 63.9 Å². The van der Waals surface area contributed by atoms with Gasteiger partial charge in [0.15, 0.2) is 0 Å². The summed E-state index contributed by atoms with van der Waals surface area (Å²) in [5, 5.41) is 0. The molecule has 0 aromatic carbocycles. The smallest absolute Gasteiger partial charge is 0.128 e.